The van der Waals surface area contributed by atoms with E-state index < -0.39 is 0 Å². The molecule has 2 heterocycles. The maximum atomic E-state index is 3.42. The molecular weight excluding hydrogens is 172 g/mol. The van der Waals surface area contributed by atoms with Crippen LogP contribution in [0, 0.1) is 13.8 Å². The number of hydrogen-bond donors (Lipinski definition) is 1. The van der Waals surface area contributed by atoms with Gasteiger partial charge in [0.15, 0.2) is 0 Å². The van der Waals surface area contributed by atoms with Crippen molar-refractivity contribution in [3.63, 3.8) is 0 Å². The molecule has 14 heavy (non-hydrogen) atoms. The summed E-state index contributed by atoms with van der Waals surface area (Å²) in [5.74, 6) is 0.788. The van der Waals surface area contributed by atoms with Crippen molar-refractivity contribution in [2.75, 3.05) is 13.1 Å². The highest BCUT2D eigenvalue weighted by Crippen LogP contribution is 2.29. The van der Waals surface area contributed by atoms with Gasteiger partial charge in [0.2, 0.25) is 0 Å². The van der Waals surface area contributed by atoms with E-state index in [2.05, 4.69) is 36.8 Å². The molecule has 0 atom stereocenters. The van der Waals surface area contributed by atoms with Crippen LogP contribution >= 0.6 is 0 Å². The van der Waals surface area contributed by atoms with Crippen LogP contribution in [-0.4, -0.2) is 17.7 Å². The Morgan fingerprint density at radius 2 is 1.93 bits per heavy atom. The first-order chi connectivity index (χ1) is 6.70. The minimum absolute atomic E-state index is 0.788. The van der Waals surface area contributed by atoms with Crippen LogP contribution in [0.1, 0.15) is 35.7 Å². The molecule has 78 valence electrons. The zero-order valence-corrected chi connectivity index (χ0v) is 9.43. The van der Waals surface area contributed by atoms with E-state index in [9.17, 15) is 0 Å². The molecule has 2 nitrogen and oxygen atoms in total. The lowest BCUT2D eigenvalue weighted by Crippen LogP contribution is -2.26. The summed E-state index contributed by atoms with van der Waals surface area (Å²) >= 11 is 0. The molecule has 1 fully saturated rings. The molecule has 1 aromatic heterocycles. The fraction of sp³-hybridized carbons (Fsp3) is 0.667. The van der Waals surface area contributed by atoms with Crippen LogP contribution in [0.4, 0.5) is 0 Å². The third-order valence-corrected chi connectivity index (χ3v) is 3.59. The molecule has 0 aliphatic carbocycles. The minimum atomic E-state index is 0.788. The lowest BCUT2D eigenvalue weighted by molar-refractivity contribution is 0.458. The third kappa shape index (κ3) is 1.59. The highest BCUT2D eigenvalue weighted by atomic mass is 15.0. The Bertz CT molecular complexity index is 319. The summed E-state index contributed by atoms with van der Waals surface area (Å²) in [6.45, 7) is 6.79. The lowest BCUT2D eigenvalue weighted by Gasteiger charge is -2.22. The van der Waals surface area contributed by atoms with Crippen molar-refractivity contribution in [2.45, 2.75) is 32.6 Å². The van der Waals surface area contributed by atoms with Gasteiger partial charge in [-0.1, -0.05) is 0 Å². The molecule has 0 aromatic carbocycles. The molecule has 0 spiro atoms. The highest BCUT2D eigenvalue weighted by molar-refractivity contribution is 5.30. The van der Waals surface area contributed by atoms with Crippen molar-refractivity contribution in [2.24, 2.45) is 7.05 Å². The number of nitrogens with one attached hydrogen (secondary N) is 1. The average molecular weight is 192 g/mol. The second-order valence-electron chi connectivity index (χ2n) is 4.41. The summed E-state index contributed by atoms with van der Waals surface area (Å²) in [5.41, 5.74) is 4.41. The molecule has 0 saturated carbocycles. The largest absolute Gasteiger partial charge is 0.352 e. The van der Waals surface area contributed by atoms with Gasteiger partial charge < -0.3 is 9.88 Å². The van der Waals surface area contributed by atoms with Gasteiger partial charge in [0, 0.05) is 18.4 Å². The Kier molecular flexibility index (Phi) is 2.64. The van der Waals surface area contributed by atoms with Crippen molar-refractivity contribution in [3.8, 4) is 0 Å². The maximum Gasteiger partial charge on any atom is 0.0178 e. The van der Waals surface area contributed by atoms with E-state index >= 15 is 0 Å². The van der Waals surface area contributed by atoms with Crippen molar-refractivity contribution < 1.29 is 0 Å². The Morgan fingerprint density at radius 1 is 1.29 bits per heavy atom. The summed E-state index contributed by atoms with van der Waals surface area (Å²) in [4.78, 5) is 0. The summed E-state index contributed by atoms with van der Waals surface area (Å²) in [5, 5.41) is 3.42. The van der Waals surface area contributed by atoms with Crippen molar-refractivity contribution in [3.05, 3.63) is 23.0 Å². The van der Waals surface area contributed by atoms with Gasteiger partial charge in [-0.05, 0) is 57.3 Å². The van der Waals surface area contributed by atoms with E-state index in [1.165, 1.54) is 37.3 Å². The van der Waals surface area contributed by atoms with E-state index in [0.29, 0.717) is 0 Å². The Balaban J connectivity index is 2.26. The van der Waals surface area contributed by atoms with Crippen LogP contribution in [0.5, 0.6) is 0 Å². The molecule has 1 N–H and O–H groups in total. The first-order valence-corrected chi connectivity index (χ1v) is 5.53. The first-order valence-electron chi connectivity index (χ1n) is 5.53. The quantitative estimate of drug-likeness (QED) is 0.721. The molecule has 1 aliphatic heterocycles. The molecule has 1 aromatic rings. The summed E-state index contributed by atoms with van der Waals surface area (Å²) in [7, 11) is 2.16. The molecule has 2 rings (SSSR count). The molecule has 0 bridgehead atoms. The lowest BCUT2D eigenvalue weighted by atomic mass is 9.90. The predicted molar refractivity (Wildman–Crippen MR) is 59.7 cm³/mol. The van der Waals surface area contributed by atoms with Gasteiger partial charge in [0.1, 0.15) is 0 Å². The van der Waals surface area contributed by atoms with E-state index in [1.807, 2.05) is 0 Å². The van der Waals surface area contributed by atoms with E-state index in [-0.39, 0.29) is 0 Å². The van der Waals surface area contributed by atoms with E-state index in [0.717, 1.165) is 5.92 Å². The van der Waals surface area contributed by atoms with E-state index in [4.69, 9.17) is 0 Å². The molecule has 0 radical (unpaired) electrons. The second kappa shape index (κ2) is 3.77. The second-order valence-corrected chi connectivity index (χ2v) is 4.41. The first kappa shape index (κ1) is 9.78. The van der Waals surface area contributed by atoms with Crippen molar-refractivity contribution in [1.29, 1.82) is 0 Å². The summed E-state index contributed by atoms with van der Waals surface area (Å²) in [6.07, 6.45) is 2.59. The SMILES string of the molecule is Cc1cc(C2CCNCC2)c(C)n1C. The molecule has 0 amide bonds. The van der Waals surface area contributed by atoms with Crippen LogP contribution in [-0.2, 0) is 7.05 Å². The van der Waals surface area contributed by atoms with Crippen LogP contribution < -0.4 is 5.32 Å². The van der Waals surface area contributed by atoms with Gasteiger partial charge in [-0.3, -0.25) is 0 Å². The maximum absolute atomic E-state index is 3.42. The number of rotatable bonds is 1. The van der Waals surface area contributed by atoms with Gasteiger partial charge in [-0.25, -0.2) is 0 Å². The van der Waals surface area contributed by atoms with Crippen molar-refractivity contribution >= 4 is 0 Å². The van der Waals surface area contributed by atoms with Crippen LogP contribution in [0.3, 0.4) is 0 Å². The number of aromatic nitrogens is 1. The van der Waals surface area contributed by atoms with Crippen LogP contribution in [0.25, 0.3) is 0 Å². The summed E-state index contributed by atoms with van der Waals surface area (Å²) < 4.78 is 2.30. The molecule has 1 saturated heterocycles. The normalized spacial score (nSPS) is 18.8. The number of hydrogen-bond acceptors (Lipinski definition) is 1. The minimum Gasteiger partial charge on any atom is -0.352 e. The fourth-order valence-corrected chi connectivity index (χ4v) is 2.43. The molecular formula is C12H20N2. The topological polar surface area (TPSA) is 17.0 Å². The third-order valence-electron chi connectivity index (χ3n) is 3.59. The predicted octanol–water partition coefficient (Wildman–Crippen LogP) is 2.11. The van der Waals surface area contributed by atoms with Crippen molar-refractivity contribution in [1.82, 2.24) is 9.88 Å². The van der Waals surface area contributed by atoms with E-state index in [1.54, 1.807) is 5.56 Å². The van der Waals surface area contributed by atoms with Gasteiger partial charge in [0.25, 0.3) is 0 Å². The molecule has 1 aliphatic rings. The van der Waals surface area contributed by atoms with Crippen LogP contribution in [0.2, 0.25) is 0 Å². The summed E-state index contributed by atoms with van der Waals surface area (Å²) in [6, 6.07) is 2.37. The Morgan fingerprint density at radius 3 is 2.43 bits per heavy atom. The zero-order valence-electron chi connectivity index (χ0n) is 9.43. The number of piperidine rings is 1. The highest BCUT2D eigenvalue weighted by Gasteiger charge is 2.19. The van der Waals surface area contributed by atoms with Crippen LogP contribution in [0.15, 0.2) is 6.07 Å². The average Bonchev–Trinajstić information content (AvgIpc) is 2.47. The van der Waals surface area contributed by atoms with Gasteiger partial charge in [-0.2, -0.15) is 0 Å². The van der Waals surface area contributed by atoms with Gasteiger partial charge in [-0.15, -0.1) is 0 Å². The van der Waals surface area contributed by atoms with Gasteiger partial charge >= 0.3 is 0 Å². The van der Waals surface area contributed by atoms with Gasteiger partial charge in [0.05, 0.1) is 0 Å². The standard InChI is InChI=1S/C12H20N2/c1-9-8-12(10(2)14(9)3)11-4-6-13-7-5-11/h8,11,13H,4-7H2,1-3H3. The Labute approximate surface area is 86.3 Å². The number of nitrogens with zero attached hydrogens (tertiary/aromatic N) is 1. The number of aryl methyl sites for hydroxylation is 1. The smallest absolute Gasteiger partial charge is 0.0178 e. The molecule has 0 unspecified atom stereocenters. The fourth-order valence-electron chi connectivity index (χ4n) is 2.43. The molecule has 2 heteroatoms. The monoisotopic (exact) mass is 192 g/mol. The Hall–Kier alpha value is -0.760. The zero-order chi connectivity index (χ0) is 10.1.